The van der Waals surface area contributed by atoms with Crippen molar-refractivity contribution in [2.24, 2.45) is 0 Å². The van der Waals surface area contributed by atoms with E-state index in [-0.39, 0.29) is 0 Å². The number of rotatable bonds is 3. The van der Waals surface area contributed by atoms with Gasteiger partial charge in [-0.2, -0.15) is 0 Å². The van der Waals surface area contributed by atoms with Gasteiger partial charge in [0, 0.05) is 0 Å². The first-order valence-electron chi connectivity index (χ1n) is 5.90. The lowest BCUT2D eigenvalue weighted by Gasteiger charge is -2.04. The summed E-state index contributed by atoms with van der Waals surface area (Å²) in [6.07, 6.45) is 5.01. The van der Waals surface area contributed by atoms with E-state index in [2.05, 4.69) is 33.7 Å². The van der Waals surface area contributed by atoms with Gasteiger partial charge < -0.3 is 10.3 Å². The summed E-state index contributed by atoms with van der Waals surface area (Å²) in [6, 6.07) is 8.19. The lowest BCUT2D eigenvalue weighted by atomic mass is 10.1. The fraction of sp³-hybridized carbons (Fsp3) is 0.0714. The van der Waals surface area contributed by atoms with Crippen LogP contribution in [0.1, 0.15) is 11.1 Å². The van der Waals surface area contributed by atoms with Crippen LogP contribution in [0.3, 0.4) is 0 Å². The van der Waals surface area contributed by atoms with Crippen LogP contribution in [0, 0.1) is 0 Å². The Hall–Kier alpha value is -2.69. The molecule has 0 spiro atoms. The number of fused-ring (bicyclic) bond motifs is 1. The molecule has 0 atom stereocenters. The molecule has 94 valence electrons. The van der Waals surface area contributed by atoms with Crippen molar-refractivity contribution >= 4 is 23.1 Å². The van der Waals surface area contributed by atoms with E-state index in [4.69, 9.17) is 5.73 Å². The predicted octanol–water partition coefficient (Wildman–Crippen LogP) is 2.10. The number of hydrogen-bond acceptors (Lipinski definition) is 4. The first kappa shape index (κ1) is 11.4. The summed E-state index contributed by atoms with van der Waals surface area (Å²) >= 11 is 0. The molecule has 0 aliphatic rings. The molecule has 0 bridgehead atoms. The van der Waals surface area contributed by atoms with Gasteiger partial charge in [0.2, 0.25) is 0 Å². The quantitative estimate of drug-likeness (QED) is 0.774. The Balaban J connectivity index is 1.96. The summed E-state index contributed by atoms with van der Waals surface area (Å²) in [5, 5.41) is 0. The van der Waals surface area contributed by atoms with Gasteiger partial charge in [0.25, 0.3) is 0 Å². The fourth-order valence-electron chi connectivity index (χ4n) is 1.97. The lowest BCUT2D eigenvalue weighted by Crippen LogP contribution is -2.00. The highest BCUT2D eigenvalue weighted by Crippen LogP contribution is 2.16. The van der Waals surface area contributed by atoms with E-state index in [0.29, 0.717) is 17.9 Å². The molecule has 2 aromatic heterocycles. The Morgan fingerprint density at radius 3 is 2.68 bits per heavy atom. The van der Waals surface area contributed by atoms with Crippen LogP contribution in [-0.4, -0.2) is 19.5 Å². The van der Waals surface area contributed by atoms with Crippen LogP contribution in [0.2, 0.25) is 0 Å². The molecule has 19 heavy (non-hydrogen) atoms. The van der Waals surface area contributed by atoms with Crippen LogP contribution < -0.4 is 5.73 Å². The zero-order chi connectivity index (χ0) is 13.2. The Morgan fingerprint density at radius 2 is 1.95 bits per heavy atom. The van der Waals surface area contributed by atoms with Gasteiger partial charge in [-0.25, -0.2) is 15.0 Å². The molecule has 0 saturated heterocycles. The second kappa shape index (κ2) is 4.53. The van der Waals surface area contributed by atoms with Gasteiger partial charge in [0.1, 0.15) is 11.8 Å². The molecule has 0 fully saturated rings. The zero-order valence-corrected chi connectivity index (χ0v) is 10.3. The minimum Gasteiger partial charge on any atom is -0.382 e. The second-order valence-corrected chi connectivity index (χ2v) is 4.25. The number of aromatic nitrogens is 4. The van der Waals surface area contributed by atoms with Crippen molar-refractivity contribution in [2.75, 3.05) is 5.73 Å². The number of anilines is 1. The molecule has 5 heteroatoms. The van der Waals surface area contributed by atoms with Crippen molar-refractivity contribution in [1.82, 2.24) is 19.5 Å². The van der Waals surface area contributed by atoms with E-state index < -0.39 is 0 Å². The second-order valence-electron chi connectivity index (χ2n) is 4.25. The lowest BCUT2D eigenvalue weighted by molar-refractivity contribution is 0.813. The molecule has 0 aliphatic heterocycles. The summed E-state index contributed by atoms with van der Waals surface area (Å²) in [6.45, 7) is 4.44. The van der Waals surface area contributed by atoms with E-state index in [1.54, 1.807) is 6.33 Å². The number of nitrogens with zero attached hydrogens (tertiary/aromatic N) is 4. The Morgan fingerprint density at radius 1 is 1.16 bits per heavy atom. The molecular weight excluding hydrogens is 238 g/mol. The fourth-order valence-corrected chi connectivity index (χ4v) is 1.97. The van der Waals surface area contributed by atoms with Crippen molar-refractivity contribution in [3.05, 3.63) is 54.6 Å². The summed E-state index contributed by atoms with van der Waals surface area (Å²) in [5.74, 6) is 0.408. The van der Waals surface area contributed by atoms with Crippen LogP contribution in [0.25, 0.3) is 17.2 Å². The molecule has 1 aromatic carbocycles. The summed E-state index contributed by atoms with van der Waals surface area (Å²) in [5.41, 5.74) is 9.43. The third kappa shape index (κ3) is 2.06. The van der Waals surface area contributed by atoms with Crippen molar-refractivity contribution in [1.29, 1.82) is 0 Å². The molecule has 5 nitrogen and oxygen atoms in total. The maximum Gasteiger partial charge on any atom is 0.165 e. The van der Waals surface area contributed by atoms with Crippen molar-refractivity contribution in [3.8, 4) is 0 Å². The number of nitrogens with two attached hydrogens (primary N) is 1. The molecule has 0 amide bonds. The van der Waals surface area contributed by atoms with Gasteiger partial charge in [-0.3, -0.25) is 0 Å². The third-order valence-corrected chi connectivity index (χ3v) is 3.00. The largest absolute Gasteiger partial charge is 0.382 e. The molecule has 0 unspecified atom stereocenters. The van der Waals surface area contributed by atoms with Crippen molar-refractivity contribution < 1.29 is 0 Å². The highest BCUT2D eigenvalue weighted by molar-refractivity contribution is 5.81. The van der Waals surface area contributed by atoms with Crippen molar-refractivity contribution in [2.45, 2.75) is 6.54 Å². The van der Waals surface area contributed by atoms with Crippen LogP contribution >= 0.6 is 0 Å². The molecule has 0 saturated carbocycles. The minimum atomic E-state index is 0.408. The zero-order valence-electron chi connectivity index (χ0n) is 10.3. The monoisotopic (exact) mass is 251 g/mol. The van der Waals surface area contributed by atoms with Gasteiger partial charge in [-0.1, -0.05) is 36.9 Å². The highest BCUT2D eigenvalue weighted by atomic mass is 15.1. The Bertz CT molecular complexity index is 727. The van der Waals surface area contributed by atoms with Gasteiger partial charge in [-0.15, -0.1) is 0 Å². The molecule has 2 N–H and O–H groups in total. The van der Waals surface area contributed by atoms with Gasteiger partial charge >= 0.3 is 0 Å². The highest BCUT2D eigenvalue weighted by Gasteiger charge is 2.07. The summed E-state index contributed by atoms with van der Waals surface area (Å²) in [4.78, 5) is 12.4. The topological polar surface area (TPSA) is 69.6 Å². The first-order chi connectivity index (χ1) is 9.28. The van der Waals surface area contributed by atoms with E-state index in [1.165, 1.54) is 11.9 Å². The Kier molecular flexibility index (Phi) is 2.72. The maximum absolute atomic E-state index is 5.76. The molecule has 2 heterocycles. The van der Waals surface area contributed by atoms with Crippen LogP contribution in [0.15, 0.2) is 43.5 Å². The predicted molar refractivity (Wildman–Crippen MR) is 75.4 cm³/mol. The minimum absolute atomic E-state index is 0.408. The van der Waals surface area contributed by atoms with Crippen molar-refractivity contribution in [3.63, 3.8) is 0 Å². The molecular formula is C14H13N5. The average Bonchev–Trinajstić information content (AvgIpc) is 2.84. The number of imidazole rings is 1. The SMILES string of the molecule is C=Cc1ccc(Cn2cnc3c(N)ncnc32)cc1. The smallest absolute Gasteiger partial charge is 0.165 e. The van der Waals surface area contributed by atoms with Gasteiger partial charge in [0.05, 0.1) is 12.9 Å². The number of hydrogen-bond donors (Lipinski definition) is 1. The van der Waals surface area contributed by atoms with Crippen LogP contribution in [0.4, 0.5) is 5.82 Å². The molecule has 0 radical (unpaired) electrons. The standard InChI is InChI=1S/C14H13N5/c1-2-10-3-5-11(6-4-10)7-19-9-18-12-13(15)16-8-17-14(12)19/h2-6,8-9H,1,7H2,(H2,15,16,17). The van der Waals surface area contributed by atoms with E-state index in [1.807, 2.05) is 22.8 Å². The Labute approximate surface area is 110 Å². The summed E-state index contributed by atoms with van der Waals surface area (Å²) in [7, 11) is 0. The first-order valence-corrected chi connectivity index (χ1v) is 5.90. The van der Waals surface area contributed by atoms with E-state index in [0.717, 1.165) is 11.2 Å². The third-order valence-electron chi connectivity index (χ3n) is 3.00. The van der Waals surface area contributed by atoms with E-state index in [9.17, 15) is 0 Å². The number of nitrogen functional groups attached to an aromatic ring is 1. The molecule has 3 aromatic rings. The molecule has 0 aliphatic carbocycles. The maximum atomic E-state index is 5.76. The molecule has 3 rings (SSSR count). The van der Waals surface area contributed by atoms with Gasteiger partial charge in [0.15, 0.2) is 11.5 Å². The normalized spacial score (nSPS) is 10.7. The average molecular weight is 251 g/mol. The van der Waals surface area contributed by atoms with Crippen LogP contribution in [-0.2, 0) is 6.54 Å². The van der Waals surface area contributed by atoms with Gasteiger partial charge in [-0.05, 0) is 11.1 Å². The summed E-state index contributed by atoms with van der Waals surface area (Å²) < 4.78 is 1.95. The van der Waals surface area contributed by atoms with E-state index >= 15 is 0 Å². The number of benzene rings is 1. The van der Waals surface area contributed by atoms with Crippen LogP contribution in [0.5, 0.6) is 0 Å².